The lowest BCUT2D eigenvalue weighted by Crippen LogP contribution is -2.08. The predicted octanol–water partition coefficient (Wildman–Crippen LogP) is 4.65. The minimum absolute atomic E-state index is 0.560. The van der Waals surface area contributed by atoms with E-state index in [-0.39, 0.29) is 0 Å². The first-order valence-corrected chi connectivity index (χ1v) is 8.75. The second kappa shape index (κ2) is 8.48. The van der Waals surface area contributed by atoms with Crippen molar-refractivity contribution >= 4 is 33.4 Å². The standard InChI is InChI=1S/C19H19BrN4O/c1-25-17-5-3-2-4-14(17)10-12-21-18-11-13-22-19(24-18)23-16-8-6-15(20)7-9-16/h2-9,11,13H,10,12H2,1H3,(H2,21,22,23,24). The van der Waals surface area contributed by atoms with E-state index in [1.807, 2.05) is 48.5 Å². The van der Waals surface area contributed by atoms with Crippen molar-refractivity contribution in [1.82, 2.24) is 9.97 Å². The van der Waals surface area contributed by atoms with E-state index in [1.165, 1.54) is 5.56 Å². The van der Waals surface area contributed by atoms with Gasteiger partial charge in [0.25, 0.3) is 0 Å². The molecule has 0 amide bonds. The summed E-state index contributed by atoms with van der Waals surface area (Å²) in [5.41, 5.74) is 2.11. The SMILES string of the molecule is COc1ccccc1CCNc1ccnc(Nc2ccc(Br)cc2)n1. The molecule has 0 fully saturated rings. The Morgan fingerprint density at radius 1 is 1.04 bits per heavy atom. The van der Waals surface area contributed by atoms with Gasteiger partial charge in [-0.1, -0.05) is 34.1 Å². The minimum atomic E-state index is 0.560. The zero-order valence-electron chi connectivity index (χ0n) is 13.9. The van der Waals surface area contributed by atoms with Crippen molar-refractivity contribution in [2.45, 2.75) is 6.42 Å². The molecular formula is C19H19BrN4O. The molecule has 2 N–H and O–H groups in total. The number of nitrogens with one attached hydrogen (secondary N) is 2. The van der Waals surface area contributed by atoms with Gasteiger partial charge in [0.2, 0.25) is 5.95 Å². The van der Waals surface area contributed by atoms with E-state index in [0.29, 0.717) is 5.95 Å². The number of nitrogens with zero attached hydrogens (tertiary/aromatic N) is 2. The zero-order chi connectivity index (χ0) is 17.5. The monoisotopic (exact) mass is 398 g/mol. The molecular weight excluding hydrogens is 380 g/mol. The van der Waals surface area contributed by atoms with Crippen LogP contribution in [0.15, 0.2) is 65.3 Å². The van der Waals surface area contributed by atoms with E-state index < -0.39 is 0 Å². The van der Waals surface area contributed by atoms with Gasteiger partial charge in [0.05, 0.1) is 7.11 Å². The van der Waals surface area contributed by atoms with Gasteiger partial charge in [-0.15, -0.1) is 0 Å². The molecule has 0 aliphatic rings. The maximum atomic E-state index is 5.38. The van der Waals surface area contributed by atoms with Crippen molar-refractivity contribution in [3.8, 4) is 5.75 Å². The molecule has 0 unspecified atom stereocenters. The van der Waals surface area contributed by atoms with Gasteiger partial charge in [0.15, 0.2) is 0 Å². The number of hydrogen-bond acceptors (Lipinski definition) is 5. The lowest BCUT2D eigenvalue weighted by molar-refractivity contribution is 0.410. The van der Waals surface area contributed by atoms with Gasteiger partial charge >= 0.3 is 0 Å². The maximum Gasteiger partial charge on any atom is 0.229 e. The molecule has 6 heteroatoms. The molecule has 0 atom stereocenters. The number of rotatable bonds is 7. The van der Waals surface area contributed by atoms with Gasteiger partial charge in [0, 0.05) is 22.9 Å². The highest BCUT2D eigenvalue weighted by molar-refractivity contribution is 9.10. The molecule has 0 saturated carbocycles. The second-order valence-corrected chi connectivity index (χ2v) is 6.30. The van der Waals surface area contributed by atoms with Gasteiger partial charge in [-0.3, -0.25) is 0 Å². The molecule has 0 aliphatic heterocycles. The summed E-state index contributed by atoms with van der Waals surface area (Å²) in [6.07, 6.45) is 2.59. The van der Waals surface area contributed by atoms with Gasteiger partial charge < -0.3 is 15.4 Å². The second-order valence-electron chi connectivity index (χ2n) is 5.39. The summed E-state index contributed by atoms with van der Waals surface area (Å²) in [5, 5.41) is 6.52. The molecule has 0 saturated heterocycles. The van der Waals surface area contributed by atoms with E-state index >= 15 is 0 Å². The number of anilines is 3. The van der Waals surface area contributed by atoms with Crippen molar-refractivity contribution in [3.05, 3.63) is 70.8 Å². The zero-order valence-corrected chi connectivity index (χ0v) is 15.5. The van der Waals surface area contributed by atoms with Gasteiger partial charge in [-0.25, -0.2) is 4.98 Å². The average Bonchev–Trinajstić information content (AvgIpc) is 2.64. The summed E-state index contributed by atoms with van der Waals surface area (Å²) in [4.78, 5) is 8.74. The normalized spacial score (nSPS) is 10.3. The average molecular weight is 399 g/mol. The lowest BCUT2D eigenvalue weighted by atomic mass is 10.1. The van der Waals surface area contributed by atoms with Gasteiger partial charge in [0.1, 0.15) is 11.6 Å². The number of benzene rings is 2. The van der Waals surface area contributed by atoms with E-state index in [0.717, 1.165) is 34.7 Å². The molecule has 0 bridgehead atoms. The third kappa shape index (κ3) is 4.93. The number of methoxy groups -OCH3 is 1. The van der Waals surface area contributed by atoms with Crippen LogP contribution in [-0.4, -0.2) is 23.6 Å². The first kappa shape index (κ1) is 17.2. The molecule has 1 heterocycles. The molecule has 1 aromatic heterocycles. The topological polar surface area (TPSA) is 59.1 Å². The summed E-state index contributed by atoms with van der Waals surface area (Å²) in [6.45, 7) is 0.759. The van der Waals surface area contributed by atoms with Crippen LogP contribution in [0.3, 0.4) is 0 Å². The van der Waals surface area contributed by atoms with Crippen LogP contribution in [0.2, 0.25) is 0 Å². The fourth-order valence-corrected chi connectivity index (χ4v) is 2.68. The summed E-state index contributed by atoms with van der Waals surface area (Å²) in [7, 11) is 1.69. The highest BCUT2D eigenvalue weighted by atomic mass is 79.9. The molecule has 2 aromatic carbocycles. The molecule has 0 radical (unpaired) electrons. The molecule has 0 spiro atoms. The van der Waals surface area contributed by atoms with Crippen LogP contribution in [0.1, 0.15) is 5.56 Å². The Hall–Kier alpha value is -2.60. The smallest absolute Gasteiger partial charge is 0.229 e. The molecule has 3 rings (SSSR count). The Balaban J connectivity index is 1.59. The number of ether oxygens (including phenoxy) is 1. The summed E-state index contributed by atoms with van der Waals surface area (Å²) in [6, 6.07) is 17.8. The fourth-order valence-electron chi connectivity index (χ4n) is 2.41. The van der Waals surface area contributed by atoms with E-state index in [1.54, 1.807) is 13.3 Å². The first-order chi connectivity index (χ1) is 12.2. The maximum absolute atomic E-state index is 5.38. The highest BCUT2D eigenvalue weighted by Gasteiger charge is 2.03. The Kier molecular flexibility index (Phi) is 5.85. The Morgan fingerprint density at radius 2 is 1.84 bits per heavy atom. The van der Waals surface area contributed by atoms with Crippen molar-refractivity contribution in [2.75, 3.05) is 24.3 Å². The van der Waals surface area contributed by atoms with Crippen LogP contribution < -0.4 is 15.4 Å². The fraction of sp³-hybridized carbons (Fsp3) is 0.158. The van der Waals surface area contributed by atoms with Crippen molar-refractivity contribution in [2.24, 2.45) is 0 Å². The van der Waals surface area contributed by atoms with Crippen molar-refractivity contribution in [3.63, 3.8) is 0 Å². The number of halogens is 1. The predicted molar refractivity (Wildman–Crippen MR) is 105 cm³/mol. The van der Waals surface area contributed by atoms with E-state index in [9.17, 15) is 0 Å². The molecule has 0 aliphatic carbocycles. The molecule has 25 heavy (non-hydrogen) atoms. The number of hydrogen-bond donors (Lipinski definition) is 2. The highest BCUT2D eigenvalue weighted by Crippen LogP contribution is 2.19. The van der Waals surface area contributed by atoms with Crippen LogP contribution in [0.25, 0.3) is 0 Å². The third-order valence-electron chi connectivity index (χ3n) is 3.65. The largest absolute Gasteiger partial charge is 0.496 e. The summed E-state index contributed by atoms with van der Waals surface area (Å²) < 4.78 is 6.41. The van der Waals surface area contributed by atoms with E-state index in [2.05, 4.69) is 42.6 Å². The number of para-hydroxylation sites is 1. The lowest BCUT2D eigenvalue weighted by Gasteiger charge is -2.10. The Labute approximate surface area is 155 Å². The third-order valence-corrected chi connectivity index (χ3v) is 4.18. The number of aromatic nitrogens is 2. The first-order valence-electron chi connectivity index (χ1n) is 7.96. The van der Waals surface area contributed by atoms with E-state index in [4.69, 9.17) is 4.74 Å². The Bertz CT molecular complexity index is 824. The Morgan fingerprint density at radius 3 is 2.64 bits per heavy atom. The van der Waals surface area contributed by atoms with Crippen LogP contribution in [0.5, 0.6) is 5.75 Å². The molecule has 5 nitrogen and oxygen atoms in total. The van der Waals surface area contributed by atoms with Crippen LogP contribution >= 0.6 is 15.9 Å². The summed E-state index contributed by atoms with van der Waals surface area (Å²) in [5.74, 6) is 2.25. The van der Waals surface area contributed by atoms with Crippen LogP contribution in [-0.2, 0) is 6.42 Å². The van der Waals surface area contributed by atoms with Crippen molar-refractivity contribution < 1.29 is 4.74 Å². The quantitative estimate of drug-likeness (QED) is 0.606. The van der Waals surface area contributed by atoms with Gasteiger partial charge in [-0.2, -0.15) is 4.98 Å². The van der Waals surface area contributed by atoms with Crippen molar-refractivity contribution in [1.29, 1.82) is 0 Å². The molecule has 3 aromatic rings. The molecule has 128 valence electrons. The van der Waals surface area contributed by atoms with Crippen LogP contribution in [0.4, 0.5) is 17.5 Å². The minimum Gasteiger partial charge on any atom is -0.496 e. The van der Waals surface area contributed by atoms with Crippen LogP contribution in [0, 0.1) is 0 Å². The summed E-state index contributed by atoms with van der Waals surface area (Å²) >= 11 is 3.42. The van der Waals surface area contributed by atoms with Gasteiger partial charge in [-0.05, 0) is 48.4 Å².